The minimum Gasteiger partial charge on any atom is -0.355 e. The number of aliphatic imine (C=N–C) groups is 1. The highest BCUT2D eigenvalue weighted by atomic mass is 15.3. The molecule has 1 unspecified atom stereocenters. The van der Waals surface area contributed by atoms with Crippen LogP contribution in [0, 0.1) is 0 Å². The third-order valence-corrected chi connectivity index (χ3v) is 4.07. The highest BCUT2D eigenvalue weighted by molar-refractivity contribution is 5.79. The zero-order valence-corrected chi connectivity index (χ0v) is 13.3. The predicted molar refractivity (Wildman–Crippen MR) is 84.1 cm³/mol. The summed E-state index contributed by atoms with van der Waals surface area (Å²) < 4.78 is 1.76. The van der Waals surface area contributed by atoms with Gasteiger partial charge in [0, 0.05) is 33.2 Å². The number of piperidine rings is 1. The molecule has 1 saturated heterocycles. The number of guanidine groups is 1. The lowest BCUT2D eigenvalue weighted by atomic mass is 10.0. The van der Waals surface area contributed by atoms with Crippen molar-refractivity contribution >= 4 is 5.96 Å². The van der Waals surface area contributed by atoms with E-state index in [-0.39, 0.29) is 0 Å². The molecule has 7 heteroatoms. The second-order valence-corrected chi connectivity index (χ2v) is 5.53. The normalized spacial score (nSPS) is 20.5. The van der Waals surface area contributed by atoms with Gasteiger partial charge in [0.1, 0.15) is 12.2 Å². The number of hydrogen-bond donors (Lipinski definition) is 2. The van der Waals surface area contributed by atoms with Gasteiger partial charge < -0.3 is 10.6 Å². The number of nitrogens with one attached hydrogen (secondary N) is 2. The van der Waals surface area contributed by atoms with E-state index in [4.69, 9.17) is 0 Å². The van der Waals surface area contributed by atoms with E-state index in [0.717, 1.165) is 24.9 Å². The molecule has 2 rings (SSSR count). The van der Waals surface area contributed by atoms with Crippen LogP contribution in [0.2, 0.25) is 0 Å². The van der Waals surface area contributed by atoms with Crippen LogP contribution in [-0.2, 0) is 13.6 Å². The Labute approximate surface area is 126 Å². The molecule has 2 heterocycles. The SMILES string of the molecule is CN=C(NCCN1CCCCC1C)NCc1ncnn1C. The van der Waals surface area contributed by atoms with Crippen molar-refractivity contribution in [2.45, 2.75) is 38.8 Å². The van der Waals surface area contributed by atoms with E-state index in [0.29, 0.717) is 12.6 Å². The molecule has 1 fully saturated rings. The Hall–Kier alpha value is -1.63. The molecule has 2 N–H and O–H groups in total. The van der Waals surface area contributed by atoms with Crippen LogP contribution in [0.25, 0.3) is 0 Å². The Morgan fingerprint density at radius 1 is 1.43 bits per heavy atom. The maximum absolute atomic E-state index is 4.24. The van der Waals surface area contributed by atoms with Gasteiger partial charge in [0.15, 0.2) is 5.96 Å². The lowest BCUT2D eigenvalue weighted by Gasteiger charge is -2.33. The van der Waals surface area contributed by atoms with Crippen LogP contribution in [0.15, 0.2) is 11.3 Å². The molecule has 0 aliphatic carbocycles. The van der Waals surface area contributed by atoms with Gasteiger partial charge in [-0.05, 0) is 26.3 Å². The zero-order chi connectivity index (χ0) is 15.1. The molecule has 0 aromatic carbocycles. The van der Waals surface area contributed by atoms with Gasteiger partial charge in [0.25, 0.3) is 0 Å². The maximum Gasteiger partial charge on any atom is 0.191 e. The first-order chi connectivity index (χ1) is 10.2. The Kier molecular flexibility index (Phi) is 5.98. The Balaban J connectivity index is 1.69. The fourth-order valence-electron chi connectivity index (χ4n) is 2.67. The second kappa shape index (κ2) is 7.97. The number of hydrogen-bond acceptors (Lipinski definition) is 4. The summed E-state index contributed by atoms with van der Waals surface area (Å²) in [5.41, 5.74) is 0. The average molecular weight is 293 g/mol. The molecule has 118 valence electrons. The number of aryl methyl sites for hydroxylation is 1. The smallest absolute Gasteiger partial charge is 0.191 e. The predicted octanol–water partition coefficient (Wildman–Crippen LogP) is 0.355. The summed E-state index contributed by atoms with van der Waals surface area (Å²) in [5.74, 6) is 1.70. The largest absolute Gasteiger partial charge is 0.355 e. The van der Waals surface area contributed by atoms with Crippen molar-refractivity contribution in [2.24, 2.45) is 12.0 Å². The maximum atomic E-state index is 4.24. The summed E-state index contributed by atoms with van der Waals surface area (Å²) in [6.07, 6.45) is 5.57. The van der Waals surface area contributed by atoms with Crippen molar-refractivity contribution in [3.63, 3.8) is 0 Å². The zero-order valence-electron chi connectivity index (χ0n) is 13.3. The first-order valence-corrected chi connectivity index (χ1v) is 7.72. The first-order valence-electron chi connectivity index (χ1n) is 7.72. The number of rotatable bonds is 5. The van der Waals surface area contributed by atoms with Gasteiger partial charge in [0.2, 0.25) is 0 Å². The van der Waals surface area contributed by atoms with Crippen LogP contribution in [-0.4, -0.2) is 58.3 Å². The van der Waals surface area contributed by atoms with Gasteiger partial charge >= 0.3 is 0 Å². The standard InChI is InChI=1S/C14H27N7/c1-12-6-4-5-8-21(12)9-7-16-14(15-2)17-10-13-18-11-19-20(13)3/h11-12H,4-10H2,1-3H3,(H2,15,16,17). The van der Waals surface area contributed by atoms with E-state index in [2.05, 4.69) is 37.5 Å². The average Bonchev–Trinajstić information content (AvgIpc) is 2.90. The van der Waals surface area contributed by atoms with Crippen molar-refractivity contribution < 1.29 is 0 Å². The summed E-state index contributed by atoms with van der Waals surface area (Å²) in [5, 5.41) is 10.7. The molecule has 1 aliphatic heterocycles. The molecule has 7 nitrogen and oxygen atoms in total. The quantitative estimate of drug-likeness (QED) is 0.606. The number of likely N-dealkylation sites (tertiary alicyclic amines) is 1. The highest BCUT2D eigenvalue weighted by Crippen LogP contribution is 2.15. The molecule has 0 bridgehead atoms. The van der Waals surface area contributed by atoms with E-state index in [1.165, 1.54) is 25.8 Å². The van der Waals surface area contributed by atoms with Crippen LogP contribution in [0.4, 0.5) is 0 Å². The van der Waals surface area contributed by atoms with Crippen LogP contribution in [0.5, 0.6) is 0 Å². The molecule has 0 spiro atoms. The Bertz CT molecular complexity index is 454. The molecule has 21 heavy (non-hydrogen) atoms. The van der Waals surface area contributed by atoms with Crippen molar-refractivity contribution in [3.8, 4) is 0 Å². The van der Waals surface area contributed by atoms with Gasteiger partial charge in [-0.3, -0.25) is 14.6 Å². The van der Waals surface area contributed by atoms with Gasteiger partial charge in [-0.25, -0.2) is 4.98 Å². The third-order valence-electron chi connectivity index (χ3n) is 4.07. The van der Waals surface area contributed by atoms with E-state index in [1.807, 2.05) is 7.05 Å². The summed E-state index contributed by atoms with van der Waals surface area (Å²) >= 11 is 0. The molecule has 1 aromatic rings. The number of aromatic nitrogens is 3. The Morgan fingerprint density at radius 3 is 2.95 bits per heavy atom. The van der Waals surface area contributed by atoms with E-state index < -0.39 is 0 Å². The molecule has 0 radical (unpaired) electrons. The van der Waals surface area contributed by atoms with Gasteiger partial charge in [-0.15, -0.1) is 0 Å². The van der Waals surface area contributed by atoms with Crippen molar-refractivity contribution in [1.29, 1.82) is 0 Å². The van der Waals surface area contributed by atoms with Crippen LogP contribution >= 0.6 is 0 Å². The van der Waals surface area contributed by atoms with Gasteiger partial charge in [-0.1, -0.05) is 6.42 Å². The topological polar surface area (TPSA) is 70.4 Å². The first kappa shape index (κ1) is 15.8. The molecule has 1 aromatic heterocycles. The minimum atomic E-state index is 0.621. The molecule has 1 atom stereocenters. The molecule has 0 saturated carbocycles. The molecular formula is C14H27N7. The van der Waals surface area contributed by atoms with Crippen molar-refractivity contribution in [2.75, 3.05) is 26.7 Å². The van der Waals surface area contributed by atoms with Crippen LogP contribution in [0.3, 0.4) is 0 Å². The monoisotopic (exact) mass is 293 g/mol. The number of nitrogens with zero attached hydrogens (tertiary/aromatic N) is 5. The second-order valence-electron chi connectivity index (χ2n) is 5.53. The minimum absolute atomic E-state index is 0.621. The van der Waals surface area contributed by atoms with Gasteiger partial charge in [0.05, 0.1) is 6.54 Å². The third kappa shape index (κ3) is 4.70. The lowest BCUT2D eigenvalue weighted by Crippen LogP contribution is -2.45. The van der Waals surface area contributed by atoms with E-state index >= 15 is 0 Å². The van der Waals surface area contributed by atoms with Crippen LogP contribution in [0.1, 0.15) is 32.0 Å². The van der Waals surface area contributed by atoms with Crippen LogP contribution < -0.4 is 10.6 Å². The Morgan fingerprint density at radius 2 is 2.29 bits per heavy atom. The van der Waals surface area contributed by atoms with Crippen molar-refractivity contribution in [1.82, 2.24) is 30.3 Å². The summed E-state index contributed by atoms with van der Waals surface area (Å²) in [4.78, 5) is 11.0. The van der Waals surface area contributed by atoms with Gasteiger partial charge in [-0.2, -0.15) is 5.10 Å². The summed E-state index contributed by atoms with van der Waals surface area (Å²) in [7, 11) is 3.67. The van der Waals surface area contributed by atoms with Crippen molar-refractivity contribution in [3.05, 3.63) is 12.2 Å². The fraction of sp³-hybridized carbons (Fsp3) is 0.786. The summed E-state index contributed by atoms with van der Waals surface area (Å²) in [6.45, 7) is 6.12. The van der Waals surface area contributed by atoms with E-state index in [9.17, 15) is 0 Å². The lowest BCUT2D eigenvalue weighted by molar-refractivity contribution is 0.163. The summed E-state index contributed by atoms with van der Waals surface area (Å²) in [6, 6.07) is 0.703. The fourth-order valence-corrected chi connectivity index (χ4v) is 2.67. The molecule has 1 aliphatic rings. The molecular weight excluding hydrogens is 266 g/mol. The molecule has 0 amide bonds. The van der Waals surface area contributed by atoms with E-state index in [1.54, 1.807) is 18.1 Å². The highest BCUT2D eigenvalue weighted by Gasteiger charge is 2.17.